The molecule has 0 bridgehead atoms. The lowest BCUT2D eigenvalue weighted by Gasteiger charge is -2.32. The molecule has 0 amide bonds. The summed E-state index contributed by atoms with van der Waals surface area (Å²) < 4.78 is 112. The Bertz CT molecular complexity index is 2720. The first-order valence-electron chi connectivity index (χ1n) is 23.5. The lowest BCUT2D eigenvalue weighted by molar-refractivity contribution is -0.112. The minimum Gasteiger partial charge on any atom is -0.493 e. The SMILES string of the molecule is COc1cc(C(=O)OC[C@H](OC(=O)c2cc(OC)c(OC)c(OC)c2)C(OC(=O)c2cc(OC)c(OC)c(OC)c2)[C@@H](COC(=O)c2cc(OC)c(OC)c(OC)c2)OC(=O)c2cc(OC)c(OC)c(OC)c2)cc(OC)c1OC. The third-order valence-electron chi connectivity index (χ3n) is 11.8. The van der Waals surface area contributed by atoms with Gasteiger partial charge in [0.15, 0.2) is 75.8 Å². The summed E-state index contributed by atoms with van der Waals surface area (Å²) in [6, 6.07) is 12.6. The number of hydrogen-bond donors (Lipinski definition) is 0. The first kappa shape index (κ1) is 61.3. The summed E-state index contributed by atoms with van der Waals surface area (Å²) in [7, 11) is 19.9. The minimum atomic E-state index is -2.14. The van der Waals surface area contributed by atoms with E-state index in [2.05, 4.69) is 0 Å². The fraction of sp³-hybridized carbons (Fsp3) is 0.364. The van der Waals surface area contributed by atoms with Crippen LogP contribution in [0.3, 0.4) is 0 Å². The number of carbonyl (C=O) groups is 5. The van der Waals surface area contributed by atoms with Gasteiger partial charge in [0.2, 0.25) is 28.7 Å². The van der Waals surface area contributed by atoms with Crippen LogP contribution in [0, 0.1) is 0 Å². The Morgan fingerprint density at radius 1 is 0.263 bits per heavy atom. The highest BCUT2D eigenvalue weighted by Gasteiger charge is 2.42. The standard InChI is InChI=1S/C55H62O25/c1-61-33-16-28(17-34(62-2)45(33)71-11)51(56)76-26-43(78-53(58)30-20-37(65-5)47(73-13)38(21-30)66-6)50(80-55(60)32-24-41(69-9)49(75-15)42(25-32)70-10)44(79-54(59)31-22-39(67-7)48(74-14)40(23-31)68-8)27-77-52(57)29-18-35(63-3)46(72-12)36(19-29)64-4/h16-25,43-44,50H,26-27H2,1-15H3/t43-,44+,50?. The van der Waals surface area contributed by atoms with E-state index in [4.69, 9.17) is 94.7 Å². The van der Waals surface area contributed by atoms with E-state index in [0.29, 0.717) is 0 Å². The lowest BCUT2D eigenvalue weighted by Crippen LogP contribution is -2.50. The molecule has 0 aromatic heterocycles. The van der Waals surface area contributed by atoms with Crippen molar-refractivity contribution in [2.75, 3.05) is 120 Å². The molecule has 5 aromatic rings. The Labute approximate surface area is 460 Å². The summed E-state index contributed by atoms with van der Waals surface area (Å²) >= 11 is 0. The predicted molar refractivity (Wildman–Crippen MR) is 279 cm³/mol. The molecule has 25 nitrogen and oxygen atoms in total. The van der Waals surface area contributed by atoms with Crippen molar-refractivity contribution >= 4 is 29.8 Å². The Morgan fingerprint density at radius 2 is 0.438 bits per heavy atom. The molecule has 25 heteroatoms. The molecule has 5 rings (SSSR count). The zero-order valence-corrected chi connectivity index (χ0v) is 46.6. The topological polar surface area (TPSA) is 270 Å². The van der Waals surface area contributed by atoms with Gasteiger partial charge in [-0.3, -0.25) is 0 Å². The Hall–Kier alpha value is -9.55. The van der Waals surface area contributed by atoms with Crippen molar-refractivity contribution in [1.29, 1.82) is 0 Å². The van der Waals surface area contributed by atoms with Crippen LogP contribution in [0.15, 0.2) is 60.7 Å². The number of ether oxygens (including phenoxy) is 20. The summed E-state index contributed by atoms with van der Waals surface area (Å²) in [6.45, 7) is -2.00. The normalized spacial score (nSPS) is 11.6. The van der Waals surface area contributed by atoms with Gasteiger partial charge in [-0.1, -0.05) is 0 Å². The first-order chi connectivity index (χ1) is 38.5. The number of hydrogen-bond acceptors (Lipinski definition) is 25. The average Bonchev–Trinajstić information content (AvgIpc) is 3.53. The Balaban J connectivity index is 1.80. The third-order valence-corrected chi connectivity index (χ3v) is 11.8. The molecule has 0 aliphatic rings. The van der Waals surface area contributed by atoms with Gasteiger partial charge in [0.25, 0.3) is 0 Å². The Morgan fingerprint density at radius 3 is 0.613 bits per heavy atom. The van der Waals surface area contributed by atoms with Crippen molar-refractivity contribution in [2.24, 2.45) is 0 Å². The second kappa shape index (κ2) is 28.7. The third kappa shape index (κ3) is 13.8. The molecule has 0 N–H and O–H groups in total. The molecule has 0 saturated carbocycles. The number of benzene rings is 5. The van der Waals surface area contributed by atoms with Crippen LogP contribution in [0.5, 0.6) is 86.2 Å². The molecule has 80 heavy (non-hydrogen) atoms. The van der Waals surface area contributed by atoms with E-state index < -0.39 is 61.4 Å². The molecule has 5 aromatic carbocycles. The van der Waals surface area contributed by atoms with Crippen LogP contribution in [0.1, 0.15) is 51.8 Å². The second-order valence-corrected chi connectivity index (χ2v) is 16.0. The van der Waals surface area contributed by atoms with Gasteiger partial charge < -0.3 is 94.7 Å². The van der Waals surface area contributed by atoms with E-state index in [1.54, 1.807) is 0 Å². The molecule has 432 valence electrons. The van der Waals surface area contributed by atoms with Crippen molar-refractivity contribution in [2.45, 2.75) is 18.3 Å². The van der Waals surface area contributed by atoms with Crippen LogP contribution in [0.2, 0.25) is 0 Å². The van der Waals surface area contributed by atoms with Gasteiger partial charge in [0, 0.05) is 0 Å². The van der Waals surface area contributed by atoms with Crippen molar-refractivity contribution in [3.05, 3.63) is 88.5 Å². The fourth-order valence-electron chi connectivity index (χ4n) is 7.86. The molecule has 1 unspecified atom stereocenters. The maximum atomic E-state index is 14.9. The molecule has 0 radical (unpaired) electrons. The Kier molecular flexibility index (Phi) is 22.0. The first-order valence-corrected chi connectivity index (χ1v) is 23.5. The van der Waals surface area contributed by atoms with Crippen molar-refractivity contribution in [3.63, 3.8) is 0 Å². The van der Waals surface area contributed by atoms with Crippen LogP contribution in [-0.4, -0.2) is 168 Å². The van der Waals surface area contributed by atoms with Crippen molar-refractivity contribution in [3.8, 4) is 86.2 Å². The molecular weight excluding hydrogens is 1060 g/mol. The molecule has 0 saturated heterocycles. The highest BCUT2D eigenvalue weighted by Crippen LogP contribution is 2.43. The average molecular weight is 1120 g/mol. The van der Waals surface area contributed by atoms with Crippen molar-refractivity contribution in [1.82, 2.24) is 0 Å². The maximum Gasteiger partial charge on any atom is 0.338 e. The van der Waals surface area contributed by atoms with Gasteiger partial charge in [0.1, 0.15) is 13.2 Å². The van der Waals surface area contributed by atoms with E-state index in [-0.39, 0.29) is 114 Å². The van der Waals surface area contributed by atoms with Crippen LogP contribution < -0.4 is 71.1 Å². The summed E-state index contributed by atoms with van der Waals surface area (Å²) in [5.41, 5.74) is -1.07. The zero-order chi connectivity index (χ0) is 58.8. The van der Waals surface area contributed by atoms with Gasteiger partial charge in [-0.15, -0.1) is 0 Å². The molecule has 0 fully saturated rings. The smallest absolute Gasteiger partial charge is 0.338 e. The summed E-state index contributed by atoms with van der Waals surface area (Å²) in [5, 5.41) is 0. The molecule has 0 heterocycles. The summed E-state index contributed by atoms with van der Waals surface area (Å²) in [6.07, 6.45) is -6.20. The van der Waals surface area contributed by atoms with Gasteiger partial charge >= 0.3 is 29.8 Å². The number of carbonyl (C=O) groups excluding carboxylic acids is 5. The molecule has 0 spiro atoms. The molecule has 3 atom stereocenters. The van der Waals surface area contributed by atoms with E-state index in [0.717, 1.165) is 0 Å². The number of esters is 5. The van der Waals surface area contributed by atoms with Gasteiger partial charge in [-0.05, 0) is 60.7 Å². The molecular formula is C55H62O25. The van der Waals surface area contributed by atoms with E-state index in [1.165, 1.54) is 167 Å². The van der Waals surface area contributed by atoms with Gasteiger partial charge in [0.05, 0.1) is 134 Å². The maximum absolute atomic E-state index is 14.9. The van der Waals surface area contributed by atoms with Gasteiger partial charge in [-0.25, -0.2) is 24.0 Å². The highest BCUT2D eigenvalue weighted by atomic mass is 16.6. The summed E-state index contributed by atoms with van der Waals surface area (Å²) in [5.74, 6) is -4.82. The summed E-state index contributed by atoms with van der Waals surface area (Å²) in [4.78, 5) is 72.8. The van der Waals surface area contributed by atoms with Crippen LogP contribution in [0.25, 0.3) is 0 Å². The largest absolute Gasteiger partial charge is 0.493 e. The second-order valence-electron chi connectivity index (χ2n) is 16.0. The van der Waals surface area contributed by atoms with Crippen molar-refractivity contribution < 1.29 is 119 Å². The highest BCUT2D eigenvalue weighted by molar-refractivity contribution is 5.95. The van der Waals surface area contributed by atoms with E-state index >= 15 is 0 Å². The van der Waals surface area contributed by atoms with Crippen LogP contribution in [-0.2, 0) is 23.7 Å². The van der Waals surface area contributed by atoms with Gasteiger partial charge in [-0.2, -0.15) is 0 Å². The predicted octanol–water partition coefficient (Wildman–Crippen LogP) is 6.51. The lowest BCUT2D eigenvalue weighted by atomic mass is 10.1. The van der Waals surface area contributed by atoms with E-state index in [1.807, 2.05) is 0 Å². The molecule has 0 aliphatic heterocycles. The van der Waals surface area contributed by atoms with Crippen LogP contribution in [0.4, 0.5) is 0 Å². The number of methoxy groups -OCH3 is 15. The van der Waals surface area contributed by atoms with E-state index in [9.17, 15) is 24.0 Å². The minimum absolute atomic E-state index is 0.00432. The quantitative estimate of drug-likeness (QED) is 0.0365. The number of rotatable bonds is 29. The van der Waals surface area contributed by atoms with Crippen LogP contribution >= 0.6 is 0 Å². The fourth-order valence-corrected chi connectivity index (χ4v) is 7.86. The monoisotopic (exact) mass is 1120 g/mol. The zero-order valence-electron chi connectivity index (χ0n) is 46.6. The molecule has 0 aliphatic carbocycles.